The molecule has 0 radical (unpaired) electrons. The zero-order valence-corrected chi connectivity index (χ0v) is 12.8. The second-order valence-electron chi connectivity index (χ2n) is 5.21. The summed E-state index contributed by atoms with van der Waals surface area (Å²) in [6.07, 6.45) is 0.389. The molecule has 1 aliphatic rings. The summed E-state index contributed by atoms with van der Waals surface area (Å²) in [5.74, 6) is 0.102. The monoisotopic (exact) mass is 282 g/mol. The Morgan fingerprint density at radius 2 is 2.05 bits per heavy atom. The molecule has 1 fully saturated rings. The molecule has 0 aromatic rings. The van der Waals surface area contributed by atoms with Gasteiger partial charge in [0.1, 0.15) is 0 Å². The van der Waals surface area contributed by atoms with Gasteiger partial charge in [0.15, 0.2) is 0 Å². The fourth-order valence-corrected chi connectivity index (χ4v) is 2.40. The molecule has 1 atom stereocenters. The lowest BCUT2D eigenvalue weighted by Gasteiger charge is -2.38. The van der Waals surface area contributed by atoms with E-state index in [0.717, 1.165) is 39.3 Å². The molecule has 1 saturated heterocycles. The van der Waals surface area contributed by atoms with Crippen LogP contribution in [0.5, 0.6) is 0 Å². The van der Waals surface area contributed by atoms with Gasteiger partial charge in [0.25, 0.3) is 0 Å². The van der Waals surface area contributed by atoms with E-state index in [1.54, 1.807) is 19.1 Å². The SMILES string of the molecule is COCCN1CCN([C@H](C)C(=O)N(C)CCC#N)CC1. The van der Waals surface area contributed by atoms with Crippen LogP contribution in [0, 0.1) is 11.3 Å². The van der Waals surface area contributed by atoms with Gasteiger partial charge < -0.3 is 9.64 Å². The number of carbonyl (C=O) groups is 1. The van der Waals surface area contributed by atoms with E-state index in [2.05, 4.69) is 15.9 Å². The number of piperazine rings is 1. The number of nitrogens with zero attached hydrogens (tertiary/aromatic N) is 4. The summed E-state index contributed by atoms with van der Waals surface area (Å²) in [6, 6.07) is 1.96. The van der Waals surface area contributed by atoms with Crippen LogP contribution in [0.25, 0.3) is 0 Å². The van der Waals surface area contributed by atoms with E-state index in [-0.39, 0.29) is 11.9 Å². The Balaban J connectivity index is 2.36. The topological polar surface area (TPSA) is 59.8 Å². The Kier molecular flexibility index (Phi) is 7.52. The molecule has 1 rings (SSSR count). The van der Waals surface area contributed by atoms with Gasteiger partial charge in [-0.1, -0.05) is 0 Å². The molecule has 114 valence electrons. The zero-order chi connectivity index (χ0) is 15.0. The van der Waals surface area contributed by atoms with Crippen molar-refractivity contribution in [3.05, 3.63) is 0 Å². The second-order valence-corrected chi connectivity index (χ2v) is 5.21. The fourth-order valence-electron chi connectivity index (χ4n) is 2.40. The predicted molar refractivity (Wildman–Crippen MR) is 77.2 cm³/mol. The molecule has 6 heteroatoms. The van der Waals surface area contributed by atoms with Gasteiger partial charge in [0, 0.05) is 53.4 Å². The van der Waals surface area contributed by atoms with E-state index < -0.39 is 0 Å². The maximum atomic E-state index is 12.2. The first-order chi connectivity index (χ1) is 9.60. The predicted octanol–water partition coefficient (Wildman–Crippen LogP) is 0.0110. The maximum absolute atomic E-state index is 12.2. The van der Waals surface area contributed by atoms with Crippen LogP contribution in [0.1, 0.15) is 13.3 Å². The molecular formula is C14H26N4O2. The van der Waals surface area contributed by atoms with Gasteiger partial charge in [-0.2, -0.15) is 5.26 Å². The van der Waals surface area contributed by atoms with Gasteiger partial charge in [-0.15, -0.1) is 0 Å². The Morgan fingerprint density at radius 3 is 2.60 bits per heavy atom. The standard InChI is InChI=1S/C14H26N4O2/c1-13(14(19)16(2)6-4-5-15)18-9-7-17(8-10-18)11-12-20-3/h13H,4,6-12H2,1-3H3/t13-/m1/s1. The average Bonchev–Trinajstić information content (AvgIpc) is 2.49. The molecule has 0 aromatic carbocycles. The summed E-state index contributed by atoms with van der Waals surface area (Å²) in [4.78, 5) is 18.5. The highest BCUT2D eigenvalue weighted by molar-refractivity contribution is 5.81. The van der Waals surface area contributed by atoms with Gasteiger partial charge >= 0.3 is 0 Å². The summed E-state index contributed by atoms with van der Waals surface area (Å²) in [5.41, 5.74) is 0. The number of rotatable bonds is 7. The first-order valence-electron chi connectivity index (χ1n) is 7.17. The Bertz CT molecular complexity index is 335. The highest BCUT2D eigenvalue weighted by atomic mass is 16.5. The Hall–Kier alpha value is -1.16. The van der Waals surface area contributed by atoms with E-state index in [9.17, 15) is 4.79 Å². The van der Waals surface area contributed by atoms with Crippen molar-refractivity contribution in [1.29, 1.82) is 5.26 Å². The van der Waals surface area contributed by atoms with E-state index >= 15 is 0 Å². The highest BCUT2D eigenvalue weighted by Crippen LogP contribution is 2.08. The normalized spacial score (nSPS) is 18.5. The minimum Gasteiger partial charge on any atom is -0.383 e. The van der Waals surface area contributed by atoms with Crippen LogP contribution in [0.3, 0.4) is 0 Å². The molecule has 0 saturated carbocycles. The lowest BCUT2D eigenvalue weighted by Crippen LogP contribution is -2.54. The van der Waals surface area contributed by atoms with Crippen molar-refractivity contribution in [1.82, 2.24) is 14.7 Å². The molecule has 1 aliphatic heterocycles. The van der Waals surface area contributed by atoms with Crippen LogP contribution < -0.4 is 0 Å². The third kappa shape index (κ3) is 5.08. The van der Waals surface area contributed by atoms with Crippen molar-refractivity contribution in [3.63, 3.8) is 0 Å². The van der Waals surface area contributed by atoms with Gasteiger partial charge in [-0.25, -0.2) is 0 Å². The average molecular weight is 282 g/mol. The number of likely N-dealkylation sites (N-methyl/N-ethyl adjacent to an activating group) is 1. The van der Waals surface area contributed by atoms with Gasteiger partial charge in [0.2, 0.25) is 5.91 Å². The molecule has 0 unspecified atom stereocenters. The van der Waals surface area contributed by atoms with Gasteiger partial charge in [-0.05, 0) is 6.92 Å². The molecule has 0 bridgehead atoms. The van der Waals surface area contributed by atoms with E-state index in [1.165, 1.54) is 0 Å². The van der Waals surface area contributed by atoms with Crippen molar-refractivity contribution >= 4 is 5.91 Å². The maximum Gasteiger partial charge on any atom is 0.239 e. The molecule has 1 amide bonds. The summed E-state index contributed by atoms with van der Waals surface area (Å²) < 4.78 is 5.08. The molecule has 6 nitrogen and oxygen atoms in total. The van der Waals surface area contributed by atoms with Crippen molar-refractivity contribution in [2.24, 2.45) is 0 Å². The summed E-state index contributed by atoms with van der Waals surface area (Å²) in [5, 5.41) is 8.57. The largest absolute Gasteiger partial charge is 0.383 e. The second kappa shape index (κ2) is 8.90. The first-order valence-corrected chi connectivity index (χ1v) is 7.17. The van der Waals surface area contributed by atoms with Crippen LogP contribution in [-0.2, 0) is 9.53 Å². The number of amides is 1. The number of hydrogen-bond acceptors (Lipinski definition) is 5. The zero-order valence-electron chi connectivity index (χ0n) is 12.8. The van der Waals surface area contributed by atoms with Crippen LogP contribution in [0.15, 0.2) is 0 Å². The Labute approximate surface area is 121 Å². The lowest BCUT2D eigenvalue weighted by molar-refractivity contribution is -0.135. The first kappa shape index (κ1) is 16.9. The highest BCUT2D eigenvalue weighted by Gasteiger charge is 2.27. The molecule has 0 N–H and O–H groups in total. The summed E-state index contributed by atoms with van der Waals surface area (Å²) >= 11 is 0. The van der Waals surface area contributed by atoms with Crippen LogP contribution >= 0.6 is 0 Å². The Morgan fingerprint density at radius 1 is 1.40 bits per heavy atom. The van der Waals surface area contributed by atoms with Crippen molar-refractivity contribution in [3.8, 4) is 6.07 Å². The molecule has 20 heavy (non-hydrogen) atoms. The quantitative estimate of drug-likeness (QED) is 0.658. The fraction of sp³-hybridized carbons (Fsp3) is 0.857. The van der Waals surface area contributed by atoms with Crippen LogP contribution in [0.2, 0.25) is 0 Å². The minimum atomic E-state index is -0.108. The number of hydrogen-bond donors (Lipinski definition) is 0. The van der Waals surface area contributed by atoms with Crippen molar-refractivity contribution in [2.45, 2.75) is 19.4 Å². The van der Waals surface area contributed by atoms with Gasteiger partial charge in [0.05, 0.1) is 25.1 Å². The van der Waals surface area contributed by atoms with Crippen molar-refractivity contribution < 1.29 is 9.53 Å². The van der Waals surface area contributed by atoms with Crippen LogP contribution in [-0.4, -0.2) is 86.7 Å². The molecule has 0 aromatic heterocycles. The number of nitriles is 1. The number of ether oxygens (including phenoxy) is 1. The van der Waals surface area contributed by atoms with E-state index in [1.807, 2.05) is 6.92 Å². The molecule has 1 heterocycles. The van der Waals surface area contributed by atoms with Gasteiger partial charge in [-0.3, -0.25) is 14.6 Å². The number of methoxy groups -OCH3 is 1. The number of carbonyl (C=O) groups excluding carboxylic acids is 1. The smallest absolute Gasteiger partial charge is 0.239 e. The third-order valence-electron chi connectivity index (χ3n) is 3.86. The minimum absolute atomic E-state index is 0.102. The molecule has 0 aliphatic carbocycles. The third-order valence-corrected chi connectivity index (χ3v) is 3.86. The lowest BCUT2D eigenvalue weighted by atomic mass is 10.2. The molecular weight excluding hydrogens is 256 g/mol. The van der Waals surface area contributed by atoms with E-state index in [0.29, 0.717) is 13.0 Å². The molecule has 0 spiro atoms. The van der Waals surface area contributed by atoms with Crippen LogP contribution in [0.4, 0.5) is 0 Å². The summed E-state index contributed by atoms with van der Waals surface area (Å²) in [7, 11) is 3.49. The van der Waals surface area contributed by atoms with E-state index in [4.69, 9.17) is 10.00 Å². The summed E-state index contributed by atoms with van der Waals surface area (Å²) in [6.45, 7) is 7.93. The van der Waals surface area contributed by atoms with Crippen molar-refractivity contribution in [2.75, 3.05) is 60.0 Å².